The maximum atomic E-state index is 6.24. The first-order valence-corrected chi connectivity index (χ1v) is 11.1. The molecule has 0 radical (unpaired) electrons. The van der Waals surface area contributed by atoms with Crippen LogP contribution in [-0.4, -0.2) is 0 Å². The van der Waals surface area contributed by atoms with Gasteiger partial charge in [-0.3, -0.25) is 0 Å². The summed E-state index contributed by atoms with van der Waals surface area (Å²) in [4.78, 5) is 0. The van der Waals surface area contributed by atoms with Gasteiger partial charge in [-0.15, -0.1) is 0 Å². The molecule has 0 saturated carbocycles. The minimum atomic E-state index is 0.517. The molecule has 4 aromatic rings. The standard InChI is InChI=1S/C24H18Br2ClNO/c25-18-8-5-16(6-9-18)15-29-24-12-7-17-3-1-2-4-20(17)21(24)14-28-19-10-11-22(26)23(27)13-19/h1-13,28H,14-15H2. The second-order valence-electron chi connectivity index (χ2n) is 6.66. The Morgan fingerprint density at radius 1 is 0.862 bits per heavy atom. The topological polar surface area (TPSA) is 21.3 Å². The number of rotatable bonds is 6. The van der Waals surface area contributed by atoms with Gasteiger partial charge in [-0.2, -0.15) is 0 Å². The molecule has 0 aliphatic rings. The van der Waals surface area contributed by atoms with Gasteiger partial charge in [0.05, 0.1) is 5.02 Å². The third-order valence-electron chi connectivity index (χ3n) is 4.69. The van der Waals surface area contributed by atoms with Crippen molar-refractivity contribution in [1.82, 2.24) is 0 Å². The van der Waals surface area contributed by atoms with E-state index in [1.165, 1.54) is 10.8 Å². The van der Waals surface area contributed by atoms with E-state index in [4.69, 9.17) is 16.3 Å². The van der Waals surface area contributed by atoms with Gasteiger partial charge in [0.25, 0.3) is 0 Å². The van der Waals surface area contributed by atoms with Crippen molar-refractivity contribution in [3.05, 3.63) is 104 Å². The molecule has 0 saturated heterocycles. The van der Waals surface area contributed by atoms with Gasteiger partial charge in [0.2, 0.25) is 0 Å². The first-order chi connectivity index (χ1) is 14.1. The Morgan fingerprint density at radius 3 is 2.45 bits per heavy atom. The van der Waals surface area contributed by atoms with E-state index in [9.17, 15) is 0 Å². The molecule has 1 N–H and O–H groups in total. The molecule has 0 unspecified atom stereocenters. The van der Waals surface area contributed by atoms with Crippen LogP contribution >= 0.6 is 43.5 Å². The lowest BCUT2D eigenvalue weighted by Gasteiger charge is -2.16. The van der Waals surface area contributed by atoms with Gasteiger partial charge >= 0.3 is 0 Å². The summed E-state index contributed by atoms with van der Waals surface area (Å²) in [6.45, 7) is 1.15. The van der Waals surface area contributed by atoms with Crippen molar-refractivity contribution in [3.63, 3.8) is 0 Å². The maximum absolute atomic E-state index is 6.24. The highest BCUT2D eigenvalue weighted by Gasteiger charge is 2.10. The summed E-state index contributed by atoms with van der Waals surface area (Å²) in [5.74, 6) is 0.877. The van der Waals surface area contributed by atoms with Crippen LogP contribution in [0.4, 0.5) is 5.69 Å². The highest BCUT2D eigenvalue weighted by molar-refractivity contribution is 9.10. The molecule has 0 heterocycles. The lowest BCUT2D eigenvalue weighted by Crippen LogP contribution is -2.05. The van der Waals surface area contributed by atoms with Crippen LogP contribution in [0.3, 0.4) is 0 Å². The number of ether oxygens (including phenoxy) is 1. The van der Waals surface area contributed by atoms with E-state index in [1.807, 2.05) is 36.4 Å². The highest BCUT2D eigenvalue weighted by Crippen LogP contribution is 2.31. The normalized spacial score (nSPS) is 10.9. The Bertz CT molecular complexity index is 1150. The van der Waals surface area contributed by atoms with Crippen LogP contribution in [-0.2, 0) is 13.2 Å². The first kappa shape index (κ1) is 20.3. The SMILES string of the molecule is Clc1cc(NCc2c(OCc3ccc(Br)cc3)ccc3ccccc23)ccc1Br. The predicted molar refractivity (Wildman–Crippen MR) is 129 cm³/mol. The minimum absolute atomic E-state index is 0.517. The number of nitrogens with one attached hydrogen (secondary N) is 1. The van der Waals surface area contributed by atoms with E-state index in [-0.39, 0.29) is 0 Å². The largest absolute Gasteiger partial charge is 0.489 e. The zero-order valence-electron chi connectivity index (χ0n) is 15.5. The van der Waals surface area contributed by atoms with Crippen molar-refractivity contribution < 1.29 is 4.74 Å². The molecule has 29 heavy (non-hydrogen) atoms. The van der Waals surface area contributed by atoms with Crippen molar-refractivity contribution in [3.8, 4) is 5.75 Å². The van der Waals surface area contributed by atoms with Crippen molar-refractivity contribution in [1.29, 1.82) is 0 Å². The zero-order chi connectivity index (χ0) is 20.2. The average Bonchev–Trinajstić information content (AvgIpc) is 2.74. The van der Waals surface area contributed by atoms with Crippen LogP contribution in [0.15, 0.2) is 87.8 Å². The van der Waals surface area contributed by atoms with E-state index >= 15 is 0 Å². The summed E-state index contributed by atoms with van der Waals surface area (Å²) in [6, 6.07) is 26.6. The summed E-state index contributed by atoms with van der Waals surface area (Å²) in [7, 11) is 0. The van der Waals surface area contributed by atoms with E-state index in [0.717, 1.165) is 31.5 Å². The second kappa shape index (κ2) is 9.21. The third-order valence-corrected chi connectivity index (χ3v) is 6.46. The van der Waals surface area contributed by atoms with Crippen LogP contribution in [0, 0.1) is 0 Å². The predicted octanol–water partition coefficient (Wildman–Crippen LogP) is 8.21. The van der Waals surface area contributed by atoms with Crippen LogP contribution in [0.25, 0.3) is 10.8 Å². The van der Waals surface area contributed by atoms with Gasteiger partial charge in [0.1, 0.15) is 12.4 Å². The van der Waals surface area contributed by atoms with E-state index in [0.29, 0.717) is 18.2 Å². The molecule has 0 fully saturated rings. The maximum Gasteiger partial charge on any atom is 0.125 e. The van der Waals surface area contributed by atoms with Crippen LogP contribution < -0.4 is 10.1 Å². The minimum Gasteiger partial charge on any atom is -0.489 e. The first-order valence-electron chi connectivity index (χ1n) is 9.17. The second-order valence-corrected chi connectivity index (χ2v) is 8.84. The summed E-state index contributed by atoms with van der Waals surface area (Å²) in [5.41, 5.74) is 3.21. The molecule has 146 valence electrons. The number of hydrogen-bond acceptors (Lipinski definition) is 2. The monoisotopic (exact) mass is 529 g/mol. The number of benzene rings is 4. The van der Waals surface area contributed by atoms with Crippen molar-refractivity contribution in [2.45, 2.75) is 13.2 Å². The molecule has 0 spiro atoms. The number of hydrogen-bond donors (Lipinski definition) is 1. The van der Waals surface area contributed by atoms with E-state index in [1.54, 1.807) is 0 Å². The van der Waals surface area contributed by atoms with Gasteiger partial charge < -0.3 is 10.1 Å². The fraction of sp³-hybridized carbons (Fsp3) is 0.0833. The Labute approximate surface area is 192 Å². The average molecular weight is 532 g/mol. The lowest BCUT2D eigenvalue weighted by atomic mass is 10.0. The van der Waals surface area contributed by atoms with Crippen molar-refractivity contribution in [2.24, 2.45) is 0 Å². The Morgan fingerprint density at radius 2 is 1.66 bits per heavy atom. The van der Waals surface area contributed by atoms with E-state index in [2.05, 4.69) is 79.6 Å². The fourth-order valence-electron chi connectivity index (χ4n) is 3.17. The molecule has 0 amide bonds. The Hall–Kier alpha value is -2.01. The van der Waals surface area contributed by atoms with Crippen molar-refractivity contribution in [2.75, 3.05) is 5.32 Å². The molecule has 0 atom stereocenters. The third kappa shape index (κ3) is 4.95. The quantitative estimate of drug-likeness (QED) is 0.271. The molecule has 0 aliphatic carbocycles. The van der Waals surface area contributed by atoms with Gasteiger partial charge in [0, 0.05) is 26.7 Å². The summed E-state index contributed by atoms with van der Waals surface area (Å²) >= 11 is 13.1. The van der Waals surface area contributed by atoms with Gasteiger partial charge in [-0.25, -0.2) is 0 Å². The summed E-state index contributed by atoms with van der Waals surface area (Å²) in [6.07, 6.45) is 0. The molecular weight excluding hydrogens is 514 g/mol. The van der Waals surface area contributed by atoms with Crippen LogP contribution in [0.2, 0.25) is 5.02 Å². The molecule has 4 rings (SSSR count). The molecule has 0 aliphatic heterocycles. The summed E-state index contributed by atoms with van der Waals surface area (Å²) in [5, 5.41) is 6.52. The fourth-order valence-corrected chi connectivity index (χ4v) is 3.86. The number of anilines is 1. The molecule has 4 aromatic carbocycles. The zero-order valence-corrected chi connectivity index (χ0v) is 19.4. The highest BCUT2D eigenvalue weighted by atomic mass is 79.9. The number of fused-ring (bicyclic) bond motifs is 1. The molecule has 5 heteroatoms. The molecule has 2 nitrogen and oxygen atoms in total. The van der Waals surface area contributed by atoms with Gasteiger partial charge in [-0.05, 0) is 68.7 Å². The molecular formula is C24H18Br2ClNO. The van der Waals surface area contributed by atoms with Crippen LogP contribution in [0.5, 0.6) is 5.75 Å². The molecule has 0 bridgehead atoms. The molecule has 0 aromatic heterocycles. The number of halogens is 3. The Kier molecular flexibility index (Phi) is 6.43. The van der Waals surface area contributed by atoms with Crippen molar-refractivity contribution >= 4 is 59.9 Å². The van der Waals surface area contributed by atoms with E-state index < -0.39 is 0 Å². The Balaban J connectivity index is 1.61. The van der Waals surface area contributed by atoms with Crippen LogP contribution in [0.1, 0.15) is 11.1 Å². The van der Waals surface area contributed by atoms with Gasteiger partial charge in [-0.1, -0.05) is 70.0 Å². The summed E-state index contributed by atoms with van der Waals surface area (Å²) < 4.78 is 8.16. The lowest BCUT2D eigenvalue weighted by molar-refractivity contribution is 0.304. The van der Waals surface area contributed by atoms with Gasteiger partial charge in [0.15, 0.2) is 0 Å². The smallest absolute Gasteiger partial charge is 0.125 e.